The first-order chi connectivity index (χ1) is 13.0. The lowest BCUT2D eigenvalue weighted by atomic mass is 10.2. The first-order valence-corrected chi connectivity index (χ1v) is 8.32. The van der Waals surface area contributed by atoms with Crippen molar-refractivity contribution in [3.05, 3.63) is 82.0 Å². The van der Waals surface area contributed by atoms with Crippen LogP contribution in [-0.4, -0.2) is 22.1 Å². The number of ether oxygens (including phenoxy) is 1. The molecule has 6 nitrogen and oxygen atoms in total. The van der Waals surface area contributed by atoms with Gasteiger partial charge in [0.15, 0.2) is 0 Å². The highest BCUT2D eigenvalue weighted by Gasteiger charge is 2.09. The van der Waals surface area contributed by atoms with Gasteiger partial charge in [-0.1, -0.05) is 29.8 Å². The van der Waals surface area contributed by atoms with Crippen molar-refractivity contribution in [2.45, 2.75) is 0 Å². The second-order valence-corrected chi connectivity index (χ2v) is 5.95. The summed E-state index contributed by atoms with van der Waals surface area (Å²) in [5.74, 6) is -1.13. The van der Waals surface area contributed by atoms with Crippen LogP contribution in [0.25, 0.3) is 0 Å². The first kappa shape index (κ1) is 18.8. The summed E-state index contributed by atoms with van der Waals surface area (Å²) in [6, 6.07) is 13.1. The highest BCUT2D eigenvalue weighted by atomic mass is 35.5. The number of halogens is 3. The Bertz CT molecular complexity index is 1010. The average Bonchev–Trinajstić information content (AvgIpc) is 2.65. The molecule has 1 aromatic heterocycles. The summed E-state index contributed by atoms with van der Waals surface area (Å²) >= 11 is 11.5. The van der Waals surface area contributed by atoms with E-state index in [1.54, 1.807) is 42.5 Å². The summed E-state index contributed by atoms with van der Waals surface area (Å²) in [5, 5.41) is 4.20. The predicted molar refractivity (Wildman–Crippen MR) is 100 cm³/mol. The molecule has 0 bridgehead atoms. The Morgan fingerprint density at radius 3 is 2.81 bits per heavy atom. The van der Waals surface area contributed by atoms with E-state index in [2.05, 4.69) is 20.5 Å². The monoisotopic (exact) mass is 404 g/mol. The molecule has 0 saturated carbocycles. The van der Waals surface area contributed by atoms with Gasteiger partial charge in [-0.3, -0.25) is 4.79 Å². The zero-order chi connectivity index (χ0) is 19.2. The number of hydrazone groups is 1. The minimum Gasteiger partial charge on any atom is -0.436 e. The van der Waals surface area contributed by atoms with Crippen LogP contribution in [0.15, 0.2) is 59.8 Å². The summed E-state index contributed by atoms with van der Waals surface area (Å²) in [7, 11) is 0. The molecule has 0 atom stereocenters. The molecule has 0 aliphatic rings. The molecular weight excluding hydrogens is 394 g/mol. The van der Waals surface area contributed by atoms with E-state index >= 15 is 0 Å². The van der Waals surface area contributed by atoms with E-state index in [9.17, 15) is 9.18 Å². The zero-order valence-electron chi connectivity index (χ0n) is 13.6. The molecule has 136 valence electrons. The Hall–Kier alpha value is -3.03. The van der Waals surface area contributed by atoms with Crippen LogP contribution in [0.3, 0.4) is 0 Å². The van der Waals surface area contributed by atoms with E-state index in [1.807, 2.05) is 0 Å². The zero-order valence-corrected chi connectivity index (χ0v) is 15.1. The molecule has 3 rings (SSSR count). The molecule has 1 N–H and O–H groups in total. The molecule has 3 aromatic rings. The smallest absolute Gasteiger partial charge is 0.271 e. The number of nitrogens with zero attached hydrogens (tertiary/aromatic N) is 3. The molecule has 0 aliphatic carbocycles. The first-order valence-electron chi connectivity index (χ1n) is 7.56. The van der Waals surface area contributed by atoms with Gasteiger partial charge >= 0.3 is 0 Å². The van der Waals surface area contributed by atoms with Crippen molar-refractivity contribution in [2.24, 2.45) is 5.10 Å². The van der Waals surface area contributed by atoms with Gasteiger partial charge in [0, 0.05) is 10.6 Å². The van der Waals surface area contributed by atoms with Gasteiger partial charge in [-0.2, -0.15) is 14.5 Å². The molecule has 0 radical (unpaired) electrons. The standard InChI is InChI=1S/C18H11Cl2FN4O2/c19-13-5-2-4-12(8-13)16(26)25-23-9-11-3-1-6-14(7-11)27-17-15(21)10-22-18(20)24-17/h1-10H,(H,25,26)/b23-9-. The summed E-state index contributed by atoms with van der Waals surface area (Å²) in [6.45, 7) is 0. The van der Waals surface area contributed by atoms with Gasteiger partial charge in [0.1, 0.15) is 5.75 Å². The van der Waals surface area contributed by atoms with Crippen molar-refractivity contribution in [1.29, 1.82) is 0 Å². The van der Waals surface area contributed by atoms with E-state index < -0.39 is 11.7 Å². The highest BCUT2D eigenvalue weighted by molar-refractivity contribution is 6.31. The fourth-order valence-electron chi connectivity index (χ4n) is 2.03. The van der Waals surface area contributed by atoms with Crippen LogP contribution in [0.2, 0.25) is 10.3 Å². The van der Waals surface area contributed by atoms with E-state index in [1.165, 1.54) is 12.3 Å². The van der Waals surface area contributed by atoms with Crippen LogP contribution in [-0.2, 0) is 0 Å². The van der Waals surface area contributed by atoms with Crippen molar-refractivity contribution in [1.82, 2.24) is 15.4 Å². The number of nitrogens with one attached hydrogen (secondary N) is 1. The van der Waals surface area contributed by atoms with Crippen LogP contribution in [0.1, 0.15) is 15.9 Å². The lowest BCUT2D eigenvalue weighted by Crippen LogP contribution is -2.17. The molecule has 0 spiro atoms. The fourth-order valence-corrected chi connectivity index (χ4v) is 2.35. The Kier molecular flexibility index (Phi) is 5.95. The largest absolute Gasteiger partial charge is 0.436 e. The molecule has 1 amide bonds. The Labute approximate surface area is 163 Å². The summed E-state index contributed by atoms with van der Waals surface area (Å²) in [4.78, 5) is 19.2. The summed E-state index contributed by atoms with van der Waals surface area (Å²) in [5.41, 5.74) is 3.39. The second kappa shape index (κ2) is 8.57. The van der Waals surface area contributed by atoms with Crippen LogP contribution in [0.4, 0.5) is 4.39 Å². The van der Waals surface area contributed by atoms with E-state index in [4.69, 9.17) is 27.9 Å². The minimum atomic E-state index is -0.743. The van der Waals surface area contributed by atoms with E-state index in [-0.39, 0.29) is 11.2 Å². The van der Waals surface area contributed by atoms with Gasteiger partial charge in [-0.05, 0) is 47.5 Å². The average molecular weight is 405 g/mol. The van der Waals surface area contributed by atoms with Crippen LogP contribution < -0.4 is 10.2 Å². The minimum absolute atomic E-state index is 0.132. The third kappa shape index (κ3) is 5.22. The second-order valence-electron chi connectivity index (χ2n) is 5.18. The Morgan fingerprint density at radius 1 is 1.19 bits per heavy atom. The number of amides is 1. The number of carbonyl (C=O) groups is 1. The summed E-state index contributed by atoms with van der Waals surface area (Å²) in [6.07, 6.45) is 2.33. The maximum atomic E-state index is 13.6. The molecule has 27 heavy (non-hydrogen) atoms. The number of rotatable bonds is 5. The molecule has 1 heterocycles. The van der Waals surface area contributed by atoms with Gasteiger partial charge in [-0.25, -0.2) is 10.4 Å². The fraction of sp³-hybridized carbons (Fsp3) is 0. The third-order valence-electron chi connectivity index (χ3n) is 3.22. The van der Waals surface area contributed by atoms with Gasteiger partial charge < -0.3 is 4.74 Å². The molecule has 0 fully saturated rings. The van der Waals surface area contributed by atoms with Crippen LogP contribution in [0.5, 0.6) is 11.6 Å². The van der Waals surface area contributed by atoms with Crippen molar-refractivity contribution in [3.8, 4) is 11.6 Å². The molecular formula is C18H11Cl2FN4O2. The van der Waals surface area contributed by atoms with Crippen LogP contribution >= 0.6 is 23.2 Å². The van der Waals surface area contributed by atoms with Crippen molar-refractivity contribution in [3.63, 3.8) is 0 Å². The van der Waals surface area contributed by atoms with Crippen molar-refractivity contribution < 1.29 is 13.9 Å². The van der Waals surface area contributed by atoms with Crippen molar-refractivity contribution >= 4 is 35.3 Å². The van der Waals surface area contributed by atoms with Gasteiger partial charge in [0.2, 0.25) is 11.1 Å². The number of carbonyl (C=O) groups excluding carboxylic acids is 1. The lowest BCUT2D eigenvalue weighted by Gasteiger charge is -2.06. The maximum Gasteiger partial charge on any atom is 0.271 e. The number of hydrogen-bond donors (Lipinski definition) is 1. The van der Waals surface area contributed by atoms with E-state index in [0.717, 1.165) is 6.20 Å². The molecule has 0 saturated heterocycles. The molecule has 0 aliphatic heterocycles. The molecule has 2 aromatic carbocycles. The number of hydrogen-bond acceptors (Lipinski definition) is 5. The highest BCUT2D eigenvalue weighted by Crippen LogP contribution is 2.23. The van der Waals surface area contributed by atoms with Gasteiger partial charge in [-0.15, -0.1) is 0 Å². The third-order valence-corrected chi connectivity index (χ3v) is 3.64. The SMILES string of the molecule is O=C(N/N=C\c1cccc(Oc2nc(Cl)ncc2F)c1)c1cccc(Cl)c1. The van der Waals surface area contributed by atoms with E-state index in [0.29, 0.717) is 21.9 Å². The summed E-state index contributed by atoms with van der Waals surface area (Å²) < 4.78 is 19.0. The molecule has 0 unspecified atom stereocenters. The molecule has 9 heteroatoms. The van der Waals surface area contributed by atoms with Crippen molar-refractivity contribution in [2.75, 3.05) is 0 Å². The Balaban J connectivity index is 1.67. The van der Waals surface area contributed by atoms with Crippen LogP contribution in [0, 0.1) is 5.82 Å². The van der Waals surface area contributed by atoms with Gasteiger partial charge in [0.05, 0.1) is 12.4 Å². The topological polar surface area (TPSA) is 76.5 Å². The lowest BCUT2D eigenvalue weighted by molar-refractivity contribution is 0.0955. The normalized spacial score (nSPS) is 10.8. The number of benzene rings is 2. The maximum absolute atomic E-state index is 13.6. The Morgan fingerprint density at radius 2 is 2.00 bits per heavy atom. The number of aromatic nitrogens is 2. The quantitative estimate of drug-likeness (QED) is 0.386. The van der Waals surface area contributed by atoms with Gasteiger partial charge in [0.25, 0.3) is 11.8 Å². The predicted octanol–water partition coefficient (Wildman–Crippen LogP) is 4.48.